The number of aliphatic hydroxyl groups is 6. The highest BCUT2D eigenvalue weighted by molar-refractivity contribution is 9.10. The van der Waals surface area contributed by atoms with Crippen LogP contribution in [0.15, 0.2) is 178 Å². The third-order valence-corrected chi connectivity index (χ3v) is 46.3. The first-order valence-electron chi connectivity index (χ1n) is 43.7. The Kier molecular flexibility index (Phi) is 56.2. The Labute approximate surface area is 762 Å². The first kappa shape index (κ1) is 115. The van der Waals surface area contributed by atoms with Crippen molar-refractivity contribution in [2.75, 3.05) is 79.3 Å². The molecule has 0 radical (unpaired) electrons. The van der Waals surface area contributed by atoms with Gasteiger partial charge in [0, 0.05) is 42.5 Å². The highest BCUT2D eigenvalue weighted by Crippen LogP contribution is 2.34. The maximum absolute atomic E-state index is 12.0. The van der Waals surface area contributed by atoms with Gasteiger partial charge in [0.2, 0.25) is 0 Å². The number of halogens is 1. The van der Waals surface area contributed by atoms with Crippen LogP contribution in [0.1, 0.15) is 141 Å². The number of allylic oxidation sites excluding steroid dienone is 3. The van der Waals surface area contributed by atoms with Crippen LogP contribution in [0.5, 0.6) is 0 Å². The largest absolute Gasteiger partial charge is 0.463 e. The standard InChI is InChI=1S/C30H44O9Si.C27H38O6Si.C18H32O3Si.C18H26Si.C9H11Br/c1-21-16-22(2)27(23(3)17-21)40(13-7-10-37-28(34)24(4)18-31,14-8-11-38-29(35)25(5)19-32)15-9-12-39-30(36)26(6)20-33;1-7-24(28)31-13-10-16-34(17-11-14-32-25(29)8-2,18-12-15-33-26(30)9-3)27-22(5)19-21(4)20-23(27)6;1-15-13-16(2)18(17(3)14-15)22(10-4-7-19,11-5-8-20)12-6-9-21;1-7-10-19(11-8-2,12-9-3)18-16(5)13-15(4)14-17(18)6;1-6-4-7(2)9(10)8(3)5-6/h16-17,31-33H,4-15,18-20H2,1-3H3;7-9,19-20H,1-3,10-18H2,4-6H3;13-14,19-21H,4-12H2,1-3H3;7-9,13-14H,1-3,10-12H2,4-6H3;4-5H,1-3H3. The number of hydrogen-bond donors (Lipinski definition) is 6. The van der Waals surface area contributed by atoms with Crippen molar-refractivity contribution >= 4 is 105 Å². The molecule has 0 saturated carbocycles. The average molecular weight is 1860 g/mol. The number of rotatable bonds is 52. The molecule has 0 atom stereocenters. The fraction of sp³-hybridized carbons (Fsp3) is 0.471. The molecule has 0 aliphatic heterocycles. The molecule has 5 aromatic rings. The summed E-state index contributed by atoms with van der Waals surface area (Å²) in [5.41, 5.74) is 19.3. The molecule has 0 spiro atoms. The number of ether oxygens (including phenoxy) is 6. The van der Waals surface area contributed by atoms with Crippen molar-refractivity contribution in [3.05, 3.63) is 261 Å². The van der Waals surface area contributed by atoms with Gasteiger partial charge in [0.05, 0.1) is 108 Å². The minimum atomic E-state index is -2.40. The summed E-state index contributed by atoms with van der Waals surface area (Å²) in [5, 5.41) is 61.2. The number of hydrogen-bond acceptors (Lipinski definition) is 18. The van der Waals surface area contributed by atoms with E-state index < -0.39 is 87.9 Å². The minimum Gasteiger partial charge on any atom is -0.463 e. The van der Waals surface area contributed by atoms with Gasteiger partial charge < -0.3 is 59.1 Å². The molecule has 0 aliphatic rings. The fourth-order valence-electron chi connectivity index (χ4n) is 18.3. The molecule has 23 heteroatoms. The zero-order valence-electron chi connectivity index (χ0n) is 78.4. The van der Waals surface area contributed by atoms with Crippen LogP contribution >= 0.6 is 15.9 Å². The molecule has 0 unspecified atom stereocenters. The zero-order chi connectivity index (χ0) is 94.6. The number of benzene rings is 5. The van der Waals surface area contributed by atoms with E-state index >= 15 is 0 Å². The topological polar surface area (TPSA) is 279 Å². The van der Waals surface area contributed by atoms with E-state index in [4.69, 9.17) is 43.7 Å². The average Bonchev–Trinajstić information content (AvgIpc) is 0.787. The van der Waals surface area contributed by atoms with E-state index in [1.165, 1.54) is 105 Å². The van der Waals surface area contributed by atoms with Crippen molar-refractivity contribution in [2.45, 2.75) is 234 Å². The van der Waals surface area contributed by atoms with Gasteiger partial charge in [-0.2, -0.15) is 0 Å². The summed E-state index contributed by atoms with van der Waals surface area (Å²) < 4.78 is 32.9. The highest BCUT2D eigenvalue weighted by atomic mass is 79.9. The molecule has 5 rings (SSSR count). The summed E-state index contributed by atoms with van der Waals surface area (Å²) in [7, 11) is -8.04. The van der Waals surface area contributed by atoms with E-state index in [0.717, 1.165) is 128 Å². The van der Waals surface area contributed by atoms with Crippen molar-refractivity contribution < 1.29 is 87.8 Å². The lowest BCUT2D eigenvalue weighted by Gasteiger charge is -2.36. The van der Waals surface area contributed by atoms with Gasteiger partial charge in [-0.1, -0.05) is 245 Å². The summed E-state index contributed by atoms with van der Waals surface area (Å²) in [6.45, 7) is 65.6. The minimum absolute atomic E-state index is 0.00806. The molecular weight excluding hydrogens is 1710 g/mol. The molecule has 6 N–H and O–H groups in total. The van der Waals surface area contributed by atoms with Crippen molar-refractivity contribution in [1.82, 2.24) is 0 Å². The van der Waals surface area contributed by atoms with E-state index in [9.17, 15) is 44.1 Å². The Bertz CT molecular complexity index is 4060. The van der Waals surface area contributed by atoms with Crippen LogP contribution in [0.25, 0.3) is 0 Å². The highest BCUT2D eigenvalue weighted by Gasteiger charge is 2.40. The van der Waals surface area contributed by atoms with Crippen LogP contribution in [0.2, 0.25) is 72.5 Å². The first-order valence-corrected chi connectivity index (χ1v) is 55.0. The molecule has 0 aliphatic carbocycles. The van der Waals surface area contributed by atoms with Gasteiger partial charge in [0.15, 0.2) is 0 Å². The number of aryl methyl sites for hydroxylation is 15. The van der Waals surface area contributed by atoms with Gasteiger partial charge in [0.1, 0.15) is 0 Å². The number of carbonyl (C=O) groups excluding carboxylic acids is 6. The third-order valence-electron chi connectivity index (χ3n) is 22.6. The predicted molar refractivity (Wildman–Crippen MR) is 529 cm³/mol. The van der Waals surface area contributed by atoms with Crippen LogP contribution in [-0.2, 0) is 57.2 Å². The lowest BCUT2D eigenvalue weighted by molar-refractivity contribution is -0.140. The lowest BCUT2D eigenvalue weighted by atomic mass is 10.1. The monoisotopic (exact) mass is 1850 g/mol. The summed E-state index contributed by atoms with van der Waals surface area (Å²) in [5.74, 6) is -3.19. The van der Waals surface area contributed by atoms with Gasteiger partial charge in [0.25, 0.3) is 0 Å². The van der Waals surface area contributed by atoms with Gasteiger partial charge >= 0.3 is 35.8 Å². The molecule has 125 heavy (non-hydrogen) atoms. The van der Waals surface area contributed by atoms with Crippen LogP contribution < -0.4 is 20.7 Å². The van der Waals surface area contributed by atoms with E-state index in [0.29, 0.717) is 39.1 Å². The van der Waals surface area contributed by atoms with E-state index in [2.05, 4.69) is 251 Å². The number of aliphatic hydroxyl groups excluding tert-OH is 6. The van der Waals surface area contributed by atoms with Crippen LogP contribution in [0.4, 0.5) is 0 Å². The summed E-state index contributed by atoms with van der Waals surface area (Å²) >= 11 is 3.51. The van der Waals surface area contributed by atoms with E-state index in [1.54, 1.807) is 5.19 Å². The second kappa shape index (κ2) is 61.2. The van der Waals surface area contributed by atoms with Crippen LogP contribution in [-0.4, -0.2) is 178 Å². The van der Waals surface area contributed by atoms with Crippen molar-refractivity contribution in [2.24, 2.45) is 0 Å². The van der Waals surface area contributed by atoms with Crippen molar-refractivity contribution in [1.29, 1.82) is 0 Å². The second-order valence-electron chi connectivity index (χ2n) is 33.3. The molecule has 0 fully saturated rings. The lowest BCUT2D eigenvalue weighted by Crippen LogP contribution is -2.50. The van der Waals surface area contributed by atoms with Crippen molar-refractivity contribution in [3.8, 4) is 0 Å². The molecule has 0 bridgehead atoms. The molecule has 5 aromatic carbocycles. The molecule has 18 nitrogen and oxygen atoms in total. The fourth-order valence-corrected chi connectivity index (χ4v) is 40.5. The molecule has 0 saturated heterocycles. The summed E-state index contributed by atoms with van der Waals surface area (Å²) in [4.78, 5) is 70.6. The second-order valence-corrected chi connectivity index (χ2v) is 52.1. The quantitative estimate of drug-likeness (QED) is 0.00527. The van der Waals surface area contributed by atoms with E-state index in [-0.39, 0.29) is 56.4 Å². The molecule has 0 heterocycles. The molecule has 690 valence electrons. The van der Waals surface area contributed by atoms with Crippen LogP contribution in [0.3, 0.4) is 0 Å². The Morgan fingerprint density at radius 1 is 0.288 bits per heavy atom. The maximum Gasteiger partial charge on any atom is 0.335 e. The number of esters is 6. The van der Waals surface area contributed by atoms with Gasteiger partial charge in [-0.3, -0.25) is 0 Å². The summed E-state index contributed by atoms with van der Waals surface area (Å²) in [6.07, 6.45) is 16.1. The molecular formula is C102H151BrO18Si4. The van der Waals surface area contributed by atoms with Crippen LogP contribution in [0, 0.1) is 104 Å². The first-order chi connectivity index (χ1) is 59.2. The predicted octanol–water partition coefficient (Wildman–Crippen LogP) is 18.0. The smallest absolute Gasteiger partial charge is 0.335 e. The molecule has 0 amide bonds. The number of carbonyl (C=O) groups is 6. The Morgan fingerprint density at radius 3 is 0.640 bits per heavy atom. The maximum atomic E-state index is 12.0. The summed E-state index contributed by atoms with van der Waals surface area (Å²) in [6, 6.07) is 33.5. The normalized spacial score (nSPS) is 11.1. The van der Waals surface area contributed by atoms with Gasteiger partial charge in [-0.15, -0.1) is 19.7 Å². The molecule has 0 aromatic heterocycles. The Hall–Kier alpha value is -8.31. The van der Waals surface area contributed by atoms with Gasteiger partial charge in [-0.05, 0) is 227 Å². The zero-order valence-corrected chi connectivity index (χ0v) is 84.0. The Balaban J connectivity index is 0.000000828. The SMILES string of the molecule is C=C(CO)C(=O)OCCC[Si](CCCOC(=O)C(=C)CO)(CCCOC(=O)C(=C)CO)c1c(C)cc(C)cc1C.C=CC(=O)OCCC[Si](CCCOC(=O)C=C)(CCCOC(=O)C=C)c1c(C)cc(C)cc1C.C=CC[Si](CC=C)(CC=C)c1c(C)cc(C)cc1C.Cc1cc(C)c(Br)c(C)c1.Cc1cc(C)c([Si](CCCO)(CCCO)CCCO)c(C)c1. The Morgan fingerprint density at radius 2 is 0.464 bits per heavy atom. The van der Waals surface area contributed by atoms with E-state index in [1.807, 2.05) is 6.92 Å². The van der Waals surface area contributed by atoms with Gasteiger partial charge in [-0.25, -0.2) is 28.8 Å². The van der Waals surface area contributed by atoms with Crippen molar-refractivity contribution in [3.63, 3.8) is 0 Å². The third kappa shape index (κ3) is 39.4.